The summed E-state index contributed by atoms with van der Waals surface area (Å²) in [6, 6.07) is 2.14. The molecule has 7 nitrogen and oxygen atoms in total. The number of carbonyl (C=O) groups excluding carboxylic acids is 1. The Hall–Kier alpha value is -2.15. The van der Waals surface area contributed by atoms with Crippen LogP contribution in [0, 0.1) is 0 Å². The minimum atomic E-state index is -1.07. The summed E-state index contributed by atoms with van der Waals surface area (Å²) in [4.78, 5) is 29.2. The average molecular weight is 308 g/mol. The Morgan fingerprint density at radius 3 is 3.05 bits per heavy atom. The second-order valence-corrected chi connectivity index (χ2v) is 5.15. The van der Waals surface area contributed by atoms with E-state index in [1.165, 1.54) is 11.1 Å². The highest BCUT2D eigenvalue weighted by atomic mass is 16.5. The summed E-state index contributed by atoms with van der Waals surface area (Å²) in [6.07, 6.45) is 2.30. The largest absolute Gasteiger partial charge is 0.480 e. The molecular formula is C15H20N2O5. The van der Waals surface area contributed by atoms with E-state index in [4.69, 9.17) is 9.47 Å². The van der Waals surface area contributed by atoms with Crippen LogP contribution in [-0.4, -0.2) is 58.8 Å². The number of aromatic nitrogens is 1. The molecule has 1 amide bonds. The maximum absolute atomic E-state index is 12.5. The van der Waals surface area contributed by atoms with Gasteiger partial charge in [-0.2, -0.15) is 0 Å². The van der Waals surface area contributed by atoms with Crippen molar-refractivity contribution >= 4 is 11.9 Å². The number of morpholine rings is 1. The van der Waals surface area contributed by atoms with Crippen molar-refractivity contribution in [1.29, 1.82) is 0 Å². The van der Waals surface area contributed by atoms with E-state index in [-0.39, 0.29) is 25.2 Å². The molecular weight excluding hydrogens is 288 g/mol. The van der Waals surface area contributed by atoms with E-state index < -0.39 is 12.0 Å². The van der Waals surface area contributed by atoms with Crippen molar-refractivity contribution in [2.45, 2.75) is 32.4 Å². The van der Waals surface area contributed by atoms with E-state index >= 15 is 0 Å². The minimum absolute atomic E-state index is 0.00236. The van der Waals surface area contributed by atoms with Gasteiger partial charge in [-0.15, -0.1) is 0 Å². The molecule has 2 rings (SSSR count). The second-order valence-electron chi connectivity index (χ2n) is 5.15. The molecule has 1 saturated heterocycles. The van der Waals surface area contributed by atoms with Gasteiger partial charge in [-0.25, -0.2) is 9.78 Å². The summed E-state index contributed by atoms with van der Waals surface area (Å²) < 4.78 is 10.7. The van der Waals surface area contributed by atoms with Gasteiger partial charge in [0, 0.05) is 24.4 Å². The molecule has 1 aromatic heterocycles. The van der Waals surface area contributed by atoms with Crippen molar-refractivity contribution in [3.05, 3.63) is 23.9 Å². The van der Waals surface area contributed by atoms with Crippen molar-refractivity contribution in [2.24, 2.45) is 0 Å². The van der Waals surface area contributed by atoms with E-state index in [0.717, 1.165) is 6.42 Å². The molecule has 2 atom stereocenters. The number of carbonyl (C=O) groups is 2. The van der Waals surface area contributed by atoms with Gasteiger partial charge in [0.05, 0.1) is 19.3 Å². The van der Waals surface area contributed by atoms with E-state index in [1.54, 1.807) is 12.1 Å². The number of hydrogen-bond acceptors (Lipinski definition) is 5. The van der Waals surface area contributed by atoms with Crippen LogP contribution in [0.25, 0.3) is 0 Å². The van der Waals surface area contributed by atoms with Crippen LogP contribution >= 0.6 is 0 Å². The molecule has 1 fully saturated rings. The lowest BCUT2D eigenvalue weighted by Crippen LogP contribution is -2.52. The highest BCUT2D eigenvalue weighted by Crippen LogP contribution is 2.17. The Balaban J connectivity index is 2.17. The summed E-state index contributed by atoms with van der Waals surface area (Å²) in [6.45, 7) is 4.49. The minimum Gasteiger partial charge on any atom is -0.480 e. The van der Waals surface area contributed by atoms with Crippen LogP contribution in [-0.2, 0) is 9.53 Å². The second kappa shape index (κ2) is 7.22. The number of aliphatic carboxylic acids is 1. The lowest BCUT2D eigenvalue weighted by molar-refractivity contribution is -0.147. The number of carboxylic acids is 1. The lowest BCUT2D eigenvalue weighted by atomic mass is 10.1. The molecule has 0 aliphatic carbocycles. The number of hydrogen-bond donors (Lipinski definition) is 1. The Kier molecular flexibility index (Phi) is 5.32. The Bertz CT molecular complexity index is 548. The van der Waals surface area contributed by atoms with Gasteiger partial charge in [0.1, 0.15) is 0 Å². The fourth-order valence-electron chi connectivity index (χ4n) is 2.11. The molecule has 0 aromatic carbocycles. The van der Waals surface area contributed by atoms with Crippen LogP contribution in [0.1, 0.15) is 30.6 Å². The smallest absolute Gasteiger partial charge is 0.328 e. The summed E-state index contributed by atoms with van der Waals surface area (Å²) in [7, 11) is 0. The first kappa shape index (κ1) is 16.2. The zero-order valence-electron chi connectivity index (χ0n) is 12.7. The number of ether oxygens (including phenoxy) is 2. The first-order chi connectivity index (χ1) is 10.5. The van der Waals surface area contributed by atoms with Gasteiger partial charge in [-0.1, -0.05) is 6.92 Å². The summed E-state index contributed by atoms with van der Waals surface area (Å²) in [5.74, 6) is -1.06. The topological polar surface area (TPSA) is 89.0 Å². The third-order valence-corrected chi connectivity index (χ3v) is 3.55. The van der Waals surface area contributed by atoms with Crippen molar-refractivity contribution in [3.8, 4) is 5.88 Å². The highest BCUT2D eigenvalue weighted by Gasteiger charge is 2.33. The maximum Gasteiger partial charge on any atom is 0.328 e. The van der Waals surface area contributed by atoms with Gasteiger partial charge in [0.15, 0.2) is 6.04 Å². The standard InChI is InChI=1S/C15H20N2O5/c1-3-10(2)22-13-8-11(4-5-16-13)14(18)17-6-7-21-9-12(17)15(19)20/h4-5,8,10,12H,3,6-7,9H2,1-2H3,(H,19,20). The maximum atomic E-state index is 12.5. The van der Waals surface area contributed by atoms with Crippen LogP contribution in [0.15, 0.2) is 18.3 Å². The molecule has 0 saturated carbocycles. The third kappa shape index (κ3) is 3.73. The normalized spacial score (nSPS) is 19.5. The van der Waals surface area contributed by atoms with Crippen molar-refractivity contribution in [3.63, 3.8) is 0 Å². The van der Waals surface area contributed by atoms with Gasteiger partial charge in [-0.3, -0.25) is 4.79 Å². The van der Waals surface area contributed by atoms with Crippen LogP contribution in [0.4, 0.5) is 0 Å². The van der Waals surface area contributed by atoms with Crippen molar-refractivity contribution in [2.75, 3.05) is 19.8 Å². The number of amides is 1. The molecule has 0 spiro atoms. The van der Waals surface area contributed by atoms with E-state index in [1.807, 2.05) is 13.8 Å². The molecule has 0 radical (unpaired) electrons. The summed E-state index contributed by atoms with van der Waals surface area (Å²) in [5.41, 5.74) is 0.362. The number of rotatable bonds is 5. The van der Waals surface area contributed by atoms with E-state index in [0.29, 0.717) is 18.1 Å². The van der Waals surface area contributed by atoms with E-state index in [9.17, 15) is 14.7 Å². The lowest BCUT2D eigenvalue weighted by Gasteiger charge is -2.32. The SMILES string of the molecule is CCC(C)Oc1cc(C(=O)N2CCOCC2C(=O)O)ccn1. The van der Waals surface area contributed by atoms with Gasteiger partial charge in [0.2, 0.25) is 5.88 Å². The molecule has 1 N–H and O–H groups in total. The van der Waals surface area contributed by atoms with Crippen LogP contribution in [0.2, 0.25) is 0 Å². The predicted molar refractivity (Wildman–Crippen MR) is 77.9 cm³/mol. The number of carboxylic acid groups (broad SMARTS) is 1. The monoisotopic (exact) mass is 308 g/mol. The Morgan fingerprint density at radius 2 is 2.36 bits per heavy atom. The van der Waals surface area contributed by atoms with Crippen LogP contribution in [0.3, 0.4) is 0 Å². The van der Waals surface area contributed by atoms with Crippen LogP contribution in [0.5, 0.6) is 5.88 Å². The zero-order chi connectivity index (χ0) is 16.1. The molecule has 0 bridgehead atoms. The Labute approximate surface area is 128 Å². The fraction of sp³-hybridized carbons (Fsp3) is 0.533. The summed E-state index contributed by atoms with van der Waals surface area (Å²) >= 11 is 0. The number of nitrogens with zero attached hydrogens (tertiary/aromatic N) is 2. The summed E-state index contributed by atoms with van der Waals surface area (Å²) in [5, 5.41) is 9.20. The van der Waals surface area contributed by atoms with Gasteiger partial charge < -0.3 is 19.5 Å². The molecule has 1 aliphatic rings. The van der Waals surface area contributed by atoms with Gasteiger partial charge >= 0.3 is 5.97 Å². The average Bonchev–Trinajstić information content (AvgIpc) is 2.54. The van der Waals surface area contributed by atoms with Crippen molar-refractivity contribution < 1.29 is 24.2 Å². The molecule has 2 unspecified atom stereocenters. The molecule has 22 heavy (non-hydrogen) atoms. The fourth-order valence-corrected chi connectivity index (χ4v) is 2.11. The first-order valence-corrected chi connectivity index (χ1v) is 7.27. The van der Waals surface area contributed by atoms with E-state index in [2.05, 4.69) is 4.98 Å². The molecule has 7 heteroatoms. The first-order valence-electron chi connectivity index (χ1n) is 7.27. The Morgan fingerprint density at radius 1 is 1.59 bits per heavy atom. The van der Waals surface area contributed by atoms with Crippen LogP contribution < -0.4 is 4.74 Å². The van der Waals surface area contributed by atoms with Gasteiger partial charge in [0.25, 0.3) is 5.91 Å². The molecule has 1 aromatic rings. The zero-order valence-corrected chi connectivity index (χ0v) is 12.7. The number of pyridine rings is 1. The third-order valence-electron chi connectivity index (χ3n) is 3.55. The highest BCUT2D eigenvalue weighted by molar-refractivity contribution is 5.96. The molecule has 2 heterocycles. The quantitative estimate of drug-likeness (QED) is 0.879. The predicted octanol–water partition coefficient (Wildman–Crippen LogP) is 1.18. The molecule has 1 aliphatic heterocycles. The van der Waals surface area contributed by atoms with Gasteiger partial charge in [-0.05, 0) is 19.4 Å². The van der Waals surface area contributed by atoms with Crippen molar-refractivity contribution in [1.82, 2.24) is 9.88 Å². The molecule has 120 valence electrons.